The Bertz CT molecular complexity index is 240. The quantitative estimate of drug-likeness (QED) is 0.741. The van der Waals surface area contributed by atoms with Gasteiger partial charge >= 0.3 is 0 Å². The molecule has 1 aliphatic heterocycles. The van der Waals surface area contributed by atoms with Crippen LogP contribution in [0.5, 0.6) is 0 Å². The fourth-order valence-electron chi connectivity index (χ4n) is 2.49. The number of nitrogens with one attached hydrogen (secondary N) is 2. The smallest absolute Gasteiger partial charge is 0.224 e. The number of ether oxygens (including phenoxy) is 1. The number of carbonyl (C=O) groups excluding carboxylic acids is 1. The predicted octanol–water partition coefficient (Wildman–Crippen LogP) is 0.671. The van der Waals surface area contributed by atoms with Crippen LogP contribution in [0.3, 0.4) is 0 Å². The summed E-state index contributed by atoms with van der Waals surface area (Å²) in [5, 5.41) is 6.30. The van der Waals surface area contributed by atoms with Crippen LogP contribution in [-0.4, -0.2) is 38.3 Å². The first-order valence-corrected chi connectivity index (χ1v) is 6.29. The van der Waals surface area contributed by atoms with E-state index in [2.05, 4.69) is 10.6 Å². The second-order valence-electron chi connectivity index (χ2n) is 5.00. The second kappa shape index (κ2) is 5.15. The molecule has 92 valence electrons. The molecule has 2 fully saturated rings. The van der Waals surface area contributed by atoms with Crippen LogP contribution in [0.25, 0.3) is 0 Å². The minimum absolute atomic E-state index is 0.0578. The van der Waals surface area contributed by atoms with Gasteiger partial charge in [0, 0.05) is 20.2 Å². The van der Waals surface area contributed by atoms with Crippen LogP contribution in [-0.2, 0) is 9.53 Å². The molecule has 1 heterocycles. The van der Waals surface area contributed by atoms with Crippen molar-refractivity contribution in [3.8, 4) is 0 Å². The third kappa shape index (κ3) is 2.55. The van der Waals surface area contributed by atoms with Gasteiger partial charge in [0.15, 0.2) is 0 Å². The van der Waals surface area contributed by atoms with Gasteiger partial charge in [-0.25, -0.2) is 0 Å². The van der Waals surface area contributed by atoms with Gasteiger partial charge in [-0.1, -0.05) is 0 Å². The molecule has 1 amide bonds. The molecular formula is C12H22N2O2. The van der Waals surface area contributed by atoms with Crippen molar-refractivity contribution in [2.24, 2.45) is 5.92 Å². The van der Waals surface area contributed by atoms with Crippen molar-refractivity contribution >= 4 is 5.91 Å². The number of carbonyl (C=O) groups is 1. The van der Waals surface area contributed by atoms with Crippen molar-refractivity contribution in [1.29, 1.82) is 0 Å². The molecule has 2 N–H and O–H groups in total. The zero-order chi connectivity index (χ0) is 11.4. The monoisotopic (exact) mass is 226 g/mol. The first kappa shape index (κ1) is 11.9. The van der Waals surface area contributed by atoms with Crippen molar-refractivity contribution in [3.05, 3.63) is 0 Å². The van der Waals surface area contributed by atoms with Crippen LogP contribution < -0.4 is 10.6 Å². The number of hydrogen-bond donors (Lipinski definition) is 2. The van der Waals surface area contributed by atoms with Gasteiger partial charge in [-0.3, -0.25) is 4.79 Å². The SMILES string of the molecule is COC1(CNC(=O)C2CCCNC2)CCC1. The minimum atomic E-state index is -0.0578. The Morgan fingerprint density at radius 1 is 1.50 bits per heavy atom. The average molecular weight is 226 g/mol. The standard InChI is InChI=1S/C12H22N2O2/c1-16-12(5-3-6-12)9-14-11(15)10-4-2-7-13-8-10/h10,13H,2-9H2,1H3,(H,14,15). The second-order valence-corrected chi connectivity index (χ2v) is 5.00. The molecule has 1 saturated heterocycles. The van der Waals surface area contributed by atoms with Crippen molar-refractivity contribution < 1.29 is 9.53 Å². The van der Waals surface area contributed by atoms with E-state index in [-0.39, 0.29) is 17.4 Å². The molecule has 4 nitrogen and oxygen atoms in total. The topological polar surface area (TPSA) is 50.4 Å². The highest BCUT2D eigenvalue weighted by molar-refractivity contribution is 5.79. The van der Waals surface area contributed by atoms with E-state index in [1.165, 1.54) is 6.42 Å². The van der Waals surface area contributed by atoms with Crippen molar-refractivity contribution in [2.45, 2.75) is 37.7 Å². The molecule has 0 bridgehead atoms. The molecular weight excluding hydrogens is 204 g/mol. The van der Waals surface area contributed by atoms with E-state index in [0.717, 1.165) is 38.8 Å². The molecule has 2 rings (SSSR count). The number of piperidine rings is 1. The number of hydrogen-bond acceptors (Lipinski definition) is 3. The summed E-state index contributed by atoms with van der Waals surface area (Å²) in [6.45, 7) is 2.55. The molecule has 0 aromatic carbocycles. The van der Waals surface area contributed by atoms with Crippen LogP contribution >= 0.6 is 0 Å². The van der Waals surface area contributed by atoms with E-state index >= 15 is 0 Å². The van der Waals surface area contributed by atoms with Gasteiger partial charge in [0.05, 0.1) is 11.5 Å². The van der Waals surface area contributed by atoms with Crippen molar-refractivity contribution in [3.63, 3.8) is 0 Å². The summed E-state index contributed by atoms with van der Waals surface area (Å²) >= 11 is 0. The lowest BCUT2D eigenvalue weighted by Crippen LogP contribution is -2.51. The van der Waals surface area contributed by atoms with Crippen LogP contribution in [0.2, 0.25) is 0 Å². The highest BCUT2D eigenvalue weighted by Gasteiger charge is 2.37. The maximum Gasteiger partial charge on any atom is 0.224 e. The Morgan fingerprint density at radius 2 is 2.31 bits per heavy atom. The Morgan fingerprint density at radius 3 is 2.81 bits per heavy atom. The molecule has 0 aromatic rings. The Balaban J connectivity index is 1.74. The maximum atomic E-state index is 11.9. The number of rotatable bonds is 4. The van der Waals surface area contributed by atoms with Gasteiger partial charge < -0.3 is 15.4 Å². The third-order valence-corrected chi connectivity index (χ3v) is 3.95. The van der Waals surface area contributed by atoms with E-state index in [4.69, 9.17) is 4.74 Å². The Hall–Kier alpha value is -0.610. The van der Waals surface area contributed by atoms with E-state index in [0.29, 0.717) is 6.54 Å². The summed E-state index contributed by atoms with van der Waals surface area (Å²) in [5.74, 6) is 0.346. The first-order valence-electron chi connectivity index (χ1n) is 6.29. The summed E-state index contributed by atoms with van der Waals surface area (Å²) < 4.78 is 5.48. The van der Waals surface area contributed by atoms with Gasteiger partial charge in [-0.15, -0.1) is 0 Å². The molecule has 4 heteroatoms. The molecule has 1 atom stereocenters. The predicted molar refractivity (Wildman–Crippen MR) is 62.2 cm³/mol. The summed E-state index contributed by atoms with van der Waals surface area (Å²) in [7, 11) is 1.74. The molecule has 1 unspecified atom stereocenters. The normalized spacial score (nSPS) is 28.2. The maximum absolute atomic E-state index is 11.9. The lowest BCUT2D eigenvalue weighted by Gasteiger charge is -2.40. The highest BCUT2D eigenvalue weighted by atomic mass is 16.5. The molecule has 2 aliphatic rings. The first-order chi connectivity index (χ1) is 7.76. The zero-order valence-corrected chi connectivity index (χ0v) is 10.1. The van der Waals surface area contributed by atoms with Gasteiger partial charge in [0.25, 0.3) is 0 Å². The lowest BCUT2D eigenvalue weighted by atomic mass is 9.80. The zero-order valence-electron chi connectivity index (χ0n) is 10.1. The van der Waals surface area contributed by atoms with E-state index < -0.39 is 0 Å². The molecule has 1 saturated carbocycles. The average Bonchev–Trinajstić information content (AvgIpc) is 2.29. The highest BCUT2D eigenvalue weighted by Crippen LogP contribution is 2.34. The largest absolute Gasteiger partial charge is 0.376 e. The molecule has 0 radical (unpaired) electrons. The van der Waals surface area contributed by atoms with Crippen LogP contribution in [0.1, 0.15) is 32.1 Å². The third-order valence-electron chi connectivity index (χ3n) is 3.95. The summed E-state index contributed by atoms with van der Waals surface area (Å²) in [4.78, 5) is 11.9. The van der Waals surface area contributed by atoms with E-state index in [1.807, 2.05) is 0 Å². The van der Waals surface area contributed by atoms with Crippen LogP contribution in [0.15, 0.2) is 0 Å². The van der Waals surface area contributed by atoms with Crippen molar-refractivity contribution in [1.82, 2.24) is 10.6 Å². The van der Waals surface area contributed by atoms with E-state index in [9.17, 15) is 4.79 Å². The molecule has 0 spiro atoms. The molecule has 1 aliphatic carbocycles. The van der Waals surface area contributed by atoms with Crippen molar-refractivity contribution in [2.75, 3.05) is 26.7 Å². The summed E-state index contributed by atoms with van der Waals surface area (Å²) in [5.41, 5.74) is -0.0578. The Kier molecular flexibility index (Phi) is 3.82. The number of methoxy groups -OCH3 is 1. The van der Waals surface area contributed by atoms with Crippen LogP contribution in [0.4, 0.5) is 0 Å². The minimum Gasteiger partial charge on any atom is -0.376 e. The van der Waals surface area contributed by atoms with Gasteiger partial charge in [-0.2, -0.15) is 0 Å². The fraction of sp³-hybridized carbons (Fsp3) is 0.917. The van der Waals surface area contributed by atoms with Gasteiger partial charge in [0.2, 0.25) is 5.91 Å². The van der Waals surface area contributed by atoms with Gasteiger partial charge in [-0.05, 0) is 38.6 Å². The summed E-state index contributed by atoms with van der Waals surface area (Å²) in [6.07, 6.45) is 5.49. The summed E-state index contributed by atoms with van der Waals surface area (Å²) in [6, 6.07) is 0. The van der Waals surface area contributed by atoms with E-state index in [1.54, 1.807) is 7.11 Å². The molecule has 16 heavy (non-hydrogen) atoms. The number of amides is 1. The molecule has 0 aromatic heterocycles. The van der Waals surface area contributed by atoms with Crippen LogP contribution in [0, 0.1) is 5.92 Å². The lowest BCUT2D eigenvalue weighted by molar-refractivity contribution is -0.129. The fourth-order valence-corrected chi connectivity index (χ4v) is 2.49. The Labute approximate surface area is 97.1 Å². The van der Waals surface area contributed by atoms with Gasteiger partial charge in [0.1, 0.15) is 0 Å².